The SMILES string of the molecule is COCCOc1ccc(-c2cc3ccc(S(=O)(=O)NC4CCC(C(=O)N[C@H](CO)C5CC5)CC4)cc3n2C)cc1. The standard InChI is InChI=1S/C30H39N3O6S/c1-33-28(21-7-12-25(13-8-21)39-16-15-38-2)17-23-9-14-26(18-29(23)33)40(36,37)32-24-10-5-22(6-11-24)30(35)31-27(19-34)20-3-4-20/h7-9,12-14,17-18,20,22,24,27,32,34H,3-6,10-11,15-16,19H2,1-2H3,(H,31,35)/t22?,24?,27-/m1/s1. The fourth-order valence-corrected chi connectivity index (χ4v) is 6.92. The summed E-state index contributed by atoms with van der Waals surface area (Å²) < 4.78 is 42.2. The van der Waals surface area contributed by atoms with Gasteiger partial charge in [-0.1, -0.05) is 6.07 Å². The molecule has 40 heavy (non-hydrogen) atoms. The first kappa shape index (κ1) is 28.6. The Balaban J connectivity index is 1.22. The van der Waals surface area contributed by atoms with Crippen LogP contribution in [0.4, 0.5) is 0 Å². The van der Waals surface area contributed by atoms with Gasteiger partial charge in [0, 0.05) is 42.7 Å². The summed E-state index contributed by atoms with van der Waals surface area (Å²) in [5.41, 5.74) is 2.80. The van der Waals surface area contributed by atoms with Gasteiger partial charge in [0.1, 0.15) is 12.4 Å². The van der Waals surface area contributed by atoms with Crippen LogP contribution >= 0.6 is 0 Å². The molecule has 0 unspecified atom stereocenters. The summed E-state index contributed by atoms with van der Waals surface area (Å²) in [6.07, 6.45) is 4.55. The first-order valence-corrected chi connectivity index (χ1v) is 15.5. The van der Waals surface area contributed by atoms with Gasteiger partial charge in [0.2, 0.25) is 15.9 Å². The highest BCUT2D eigenvalue weighted by molar-refractivity contribution is 7.89. The van der Waals surface area contributed by atoms with Gasteiger partial charge in [-0.15, -0.1) is 0 Å². The quantitative estimate of drug-likeness (QED) is 0.287. The molecule has 216 valence electrons. The zero-order valence-corrected chi connectivity index (χ0v) is 24.0. The molecule has 3 N–H and O–H groups in total. The lowest BCUT2D eigenvalue weighted by Crippen LogP contribution is -2.45. The molecule has 2 aliphatic carbocycles. The first-order valence-electron chi connectivity index (χ1n) is 14.0. The van der Waals surface area contributed by atoms with E-state index in [4.69, 9.17) is 9.47 Å². The lowest BCUT2D eigenvalue weighted by molar-refractivity contribution is -0.127. The molecule has 0 aliphatic heterocycles. The Bertz CT molecular complexity index is 1420. The molecule has 5 rings (SSSR count). The molecule has 1 atom stereocenters. The summed E-state index contributed by atoms with van der Waals surface area (Å²) in [4.78, 5) is 12.9. The molecule has 1 heterocycles. The predicted molar refractivity (Wildman–Crippen MR) is 154 cm³/mol. The number of aromatic nitrogens is 1. The Kier molecular flexibility index (Phi) is 8.80. The van der Waals surface area contributed by atoms with E-state index in [0.717, 1.165) is 40.8 Å². The number of aryl methyl sites for hydroxylation is 1. The highest BCUT2D eigenvalue weighted by Gasteiger charge is 2.35. The first-order chi connectivity index (χ1) is 19.3. The van der Waals surface area contributed by atoms with E-state index in [1.165, 1.54) is 0 Å². The van der Waals surface area contributed by atoms with Crippen LogP contribution in [0.15, 0.2) is 53.4 Å². The average Bonchev–Trinajstić information content (AvgIpc) is 3.75. The number of hydrogen-bond donors (Lipinski definition) is 3. The number of aliphatic hydroxyl groups excluding tert-OH is 1. The van der Waals surface area contributed by atoms with Crippen LogP contribution in [0.1, 0.15) is 38.5 Å². The van der Waals surface area contributed by atoms with E-state index in [2.05, 4.69) is 16.1 Å². The molecule has 1 aromatic heterocycles. The van der Waals surface area contributed by atoms with Crippen molar-refractivity contribution in [3.63, 3.8) is 0 Å². The number of methoxy groups -OCH3 is 1. The maximum Gasteiger partial charge on any atom is 0.240 e. The molecule has 1 amide bonds. The molecule has 3 aromatic rings. The molecule has 2 aliphatic rings. The minimum absolute atomic E-state index is 0.0227. The Morgan fingerprint density at radius 2 is 1.75 bits per heavy atom. The number of amides is 1. The van der Waals surface area contributed by atoms with E-state index < -0.39 is 10.0 Å². The Labute approximate surface area is 235 Å². The van der Waals surface area contributed by atoms with Crippen molar-refractivity contribution in [3.05, 3.63) is 48.5 Å². The number of carbonyl (C=O) groups is 1. The van der Waals surface area contributed by atoms with Crippen molar-refractivity contribution in [2.45, 2.75) is 55.5 Å². The van der Waals surface area contributed by atoms with Crippen LogP contribution < -0.4 is 14.8 Å². The maximum absolute atomic E-state index is 13.3. The van der Waals surface area contributed by atoms with E-state index in [1.807, 2.05) is 41.9 Å². The lowest BCUT2D eigenvalue weighted by atomic mass is 9.85. The molecular weight excluding hydrogens is 530 g/mol. The maximum atomic E-state index is 13.3. The molecule has 2 saturated carbocycles. The van der Waals surface area contributed by atoms with Gasteiger partial charge in [0.25, 0.3) is 0 Å². The minimum atomic E-state index is -3.73. The molecular formula is C30H39N3O6S. The Hall–Kier alpha value is -2.92. The summed E-state index contributed by atoms with van der Waals surface area (Å²) in [5.74, 6) is 0.991. The average molecular weight is 570 g/mol. The smallest absolute Gasteiger partial charge is 0.240 e. The fourth-order valence-electron chi connectivity index (χ4n) is 5.59. The number of fused-ring (bicyclic) bond motifs is 1. The van der Waals surface area contributed by atoms with Crippen LogP contribution in [0, 0.1) is 11.8 Å². The van der Waals surface area contributed by atoms with E-state index in [0.29, 0.717) is 44.8 Å². The van der Waals surface area contributed by atoms with E-state index >= 15 is 0 Å². The summed E-state index contributed by atoms with van der Waals surface area (Å²) in [7, 11) is -0.159. The molecule has 0 spiro atoms. The van der Waals surface area contributed by atoms with Crippen LogP contribution in [-0.2, 0) is 26.6 Å². The topological polar surface area (TPSA) is 119 Å². The third-order valence-corrected chi connectivity index (χ3v) is 9.69. The molecule has 2 aromatic carbocycles. The zero-order valence-electron chi connectivity index (χ0n) is 23.1. The summed E-state index contributed by atoms with van der Waals surface area (Å²) in [5, 5.41) is 13.5. The third-order valence-electron chi connectivity index (χ3n) is 8.17. The lowest BCUT2D eigenvalue weighted by Gasteiger charge is -2.29. The minimum Gasteiger partial charge on any atom is -0.491 e. The number of carbonyl (C=O) groups excluding carboxylic acids is 1. The van der Waals surface area contributed by atoms with Crippen LogP contribution in [-0.4, -0.2) is 63.0 Å². The van der Waals surface area contributed by atoms with E-state index in [1.54, 1.807) is 19.2 Å². The van der Waals surface area contributed by atoms with Crippen LogP contribution in [0.3, 0.4) is 0 Å². The number of benzene rings is 2. The van der Waals surface area contributed by atoms with Gasteiger partial charge in [-0.25, -0.2) is 13.1 Å². The highest BCUT2D eigenvalue weighted by atomic mass is 32.2. The van der Waals surface area contributed by atoms with E-state index in [9.17, 15) is 18.3 Å². The molecule has 10 heteroatoms. The second-order valence-corrected chi connectivity index (χ2v) is 12.7. The van der Waals surface area contributed by atoms with Gasteiger partial charge in [0.15, 0.2) is 0 Å². The second-order valence-electron chi connectivity index (χ2n) is 11.0. The second kappa shape index (κ2) is 12.3. The number of hydrogen-bond acceptors (Lipinski definition) is 6. The van der Waals surface area contributed by atoms with Crippen molar-refractivity contribution in [1.29, 1.82) is 0 Å². The largest absolute Gasteiger partial charge is 0.491 e. The van der Waals surface area contributed by atoms with Crippen molar-refractivity contribution in [1.82, 2.24) is 14.6 Å². The Morgan fingerprint density at radius 1 is 1.02 bits per heavy atom. The number of sulfonamides is 1. The van der Waals surface area contributed by atoms with Crippen LogP contribution in [0.25, 0.3) is 22.2 Å². The van der Waals surface area contributed by atoms with Crippen molar-refractivity contribution in [3.8, 4) is 17.0 Å². The van der Waals surface area contributed by atoms with E-state index in [-0.39, 0.29) is 35.4 Å². The normalized spacial score (nSPS) is 20.4. The van der Waals surface area contributed by atoms with Crippen LogP contribution in [0.5, 0.6) is 5.75 Å². The predicted octanol–water partition coefficient (Wildman–Crippen LogP) is 3.59. The third kappa shape index (κ3) is 6.52. The fraction of sp³-hybridized carbons (Fsp3) is 0.500. The molecule has 0 bridgehead atoms. The van der Waals surface area contributed by atoms with Gasteiger partial charge >= 0.3 is 0 Å². The summed E-state index contributed by atoms with van der Waals surface area (Å²) >= 11 is 0. The van der Waals surface area contributed by atoms with Crippen LogP contribution in [0.2, 0.25) is 0 Å². The molecule has 0 saturated heterocycles. The van der Waals surface area contributed by atoms with Crippen molar-refractivity contribution >= 4 is 26.8 Å². The van der Waals surface area contributed by atoms with Gasteiger partial charge in [0.05, 0.1) is 24.2 Å². The number of rotatable bonds is 12. The Morgan fingerprint density at radius 3 is 2.40 bits per heavy atom. The van der Waals surface area contributed by atoms with Gasteiger partial charge in [-0.05, 0) is 92.5 Å². The van der Waals surface area contributed by atoms with Crippen molar-refractivity contribution < 1.29 is 27.8 Å². The van der Waals surface area contributed by atoms with Crippen molar-refractivity contribution in [2.75, 3.05) is 26.9 Å². The molecule has 9 nitrogen and oxygen atoms in total. The monoisotopic (exact) mass is 569 g/mol. The number of nitrogens with one attached hydrogen (secondary N) is 2. The zero-order chi connectivity index (χ0) is 28.3. The summed E-state index contributed by atoms with van der Waals surface area (Å²) in [6.45, 7) is 0.974. The number of nitrogens with zero attached hydrogens (tertiary/aromatic N) is 1. The van der Waals surface area contributed by atoms with Gasteiger partial charge in [-0.2, -0.15) is 0 Å². The number of aliphatic hydroxyl groups is 1. The van der Waals surface area contributed by atoms with Gasteiger partial charge < -0.3 is 24.5 Å². The number of ether oxygens (including phenoxy) is 2. The highest BCUT2D eigenvalue weighted by Crippen LogP contribution is 2.34. The summed E-state index contributed by atoms with van der Waals surface area (Å²) in [6, 6.07) is 14.7. The molecule has 2 fully saturated rings. The molecule has 0 radical (unpaired) electrons. The van der Waals surface area contributed by atoms with Gasteiger partial charge in [-0.3, -0.25) is 4.79 Å². The van der Waals surface area contributed by atoms with Crippen molar-refractivity contribution in [2.24, 2.45) is 18.9 Å².